The smallest absolute Gasteiger partial charge is 0.255 e. The van der Waals surface area contributed by atoms with Crippen molar-refractivity contribution in [3.8, 4) is 5.82 Å². The van der Waals surface area contributed by atoms with Crippen LogP contribution in [0.3, 0.4) is 0 Å². The van der Waals surface area contributed by atoms with Gasteiger partial charge >= 0.3 is 0 Å². The van der Waals surface area contributed by atoms with Crippen molar-refractivity contribution >= 4 is 45.7 Å². The summed E-state index contributed by atoms with van der Waals surface area (Å²) in [5.74, 6) is 0.625. The van der Waals surface area contributed by atoms with Gasteiger partial charge in [0, 0.05) is 53.0 Å². The third-order valence-electron chi connectivity index (χ3n) is 6.35. The van der Waals surface area contributed by atoms with E-state index < -0.39 is 0 Å². The Bertz CT molecular complexity index is 1740. The SMILES string of the molecule is Cc1cccc2c1ccn2-c1ccnc(Nc2cccc(NC(=O)c3cccc(NC(=O)/C=C/CN(C)C)c3)c2)n1. The number of amides is 2. The molecular weight excluding hydrogens is 514 g/mol. The molecule has 0 saturated carbocycles. The first kappa shape index (κ1) is 27.3. The van der Waals surface area contributed by atoms with E-state index in [4.69, 9.17) is 4.98 Å². The first-order chi connectivity index (χ1) is 19.9. The largest absolute Gasteiger partial charge is 0.324 e. The van der Waals surface area contributed by atoms with Gasteiger partial charge < -0.3 is 25.4 Å². The lowest BCUT2D eigenvalue weighted by molar-refractivity contribution is -0.111. The molecule has 0 unspecified atom stereocenters. The molecule has 41 heavy (non-hydrogen) atoms. The summed E-state index contributed by atoms with van der Waals surface area (Å²) in [4.78, 5) is 36.2. The zero-order valence-electron chi connectivity index (χ0n) is 23.1. The van der Waals surface area contributed by atoms with Crippen molar-refractivity contribution in [1.29, 1.82) is 0 Å². The molecule has 0 spiro atoms. The van der Waals surface area contributed by atoms with E-state index in [1.165, 1.54) is 17.0 Å². The highest BCUT2D eigenvalue weighted by Crippen LogP contribution is 2.24. The molecular formula is C32H31N7O2. The number of fused-ring (bicyclic) bond motifs is 1. The zero-order chi connectivity index (χ0) is 28.8. The van der Waals surface area contributed by atoms with E-state index in [0.717, 1.165) is 17.0 Å². The molecule has 0 bridgehead atoms. The Labute approximate surface area is 238 Å². The molecule has 2 amide bonds. The van der Waals surface area contributed by atoms with Crippen molar-refractivity contribution in [1.82, 2.24) is 19.4 Å². The van der Waals surface area contributed by atoms with Crippen LogP contribution < -0.4 is 16.0 Å². The topological polar surface area (TPSA) is 104 Å². The summed E-state index contributed by atoms with van der Waals surface area (Å²) in [6, 6.07) is 24.3. The third kappa shape index (κ3) is 6.84. The maximum absolute atomic E-state index is 13.0. The lowest BCUT2D eigenvalue weighted by Crippen LogP contribution is -2.14. The van der Waals surface area contributed by atoms with Gasteiger partial charge in [-0.15, -0.1) is 0 Å². The van der Waals surface area contributed by atoms with Gasteiger partial charge in [-0.3, -0.25) is 9.59 Å². The summed E-state index contributed by atoms with van der Waals surface area (Å²) in [7, 11) is 3.85. The molecule has 9 nitrogen and oxygen atoms in total. The van der Waals surface area contributed by atoms with Crippen LogP contribution >= 0.6 is 0 Å². The highest BCUT2D eigenvalue weighted by molar-refractivity contribution is 6.06. The van der Waals surface area contributed by atoms with Gasteiger partial charge in [0.1, 0.15) is 5.82 Å². The molecule has 0 aliphatic carbocycles. The summed E-state index contributed by atoms with van der Waals surface area (Å²) in [5.41, 5.74) is 4.56. The molecule has 206 valence electrons. The number of hydrogen-bond donors (Lipinski definition) is 3. The minimum Gasteiger partial charge on any atom is -0.324 e. The normalized spacial score (nSPS) is 11.2. The molecule has 0 atom stereocenters. The number of aromatic nitrogens is 3. The molecule has 2 heterocycles. The lowest BCUT2D eigenvalue weighted by atomic mass is 10.1. The number of nitrogens with zero attached hydrogens (tertiary/aromatic N) is 4. The predicted octanol–water partition coefficient (Wildman–Crippen LogP) is 5.78. The first-order valence-corrected chi connectivity index (χ1v) is 13.2. The molecule has 5 aromatic rings. The Morgan fingerprint density at radius 3 is 2.49 bits per heavy atom. The molecule has 0 aliphatic rings. The molecule has 0 aliphatic heterocycles. The standard InChI is InChI=1S/C32H31N7O2/c1-22-8-4-13-28-27(22)16-19-39(28)29-15-17-33-32(37-29)36-26-12-6-11-25(21-26)35-31(41)23-9-5-10-24(20-23)34-30(40)14-7-18-38(2)3/h4-17,19-21H,18H2,1-3H3,(H,34,40)(H,35,41)(H,33,36,37)/b14-7+. The van der Waals surface area contributed by atoms with Gasteiger partial charge in [0.25, 0.3) is 5.91 Å². The Balaban J connectivity index is 1.26. The molecule has 2 aromatic heterocycles. The number of nitrogens with one attached hydrogen (secondary N) is 3. The van der Waals surface area contributed by atoms with Crippen molar-refractivity contribution < 1.29 is 9.59 Å². The van der Waals surface area contributed by atoms with E-state index >= 15 is 0 Å². The summed E-state index contributed by atoms with van der Waals surface area (Å²) >= 11 is 0. The van der Waals surface area contributed by atoms with E-state index in [0.29, 0.717) is 29.4 Å². The maximum Gasteiger partial charge on any atom is 0.255 e. The van der Waals surface area contributed by atoms with E-state index in [-0.39, 0.29) is 11.8 Å². The van der Waals surface area contributed by atoms with Crippen LogP contribution in [-0.4, -0.2) is 51.9 Å². The molecule has 5 rings (SSSR count). The molecule has 0 fully saturated rings. The van der Waals surface area contributed by atoms with E-state index in [1.54, 1.807) is 42.6 Å². The van der Waals surface area contributed by atoms with Crippen molar-refractivity contribution in [3.05, 3.63) is 115 Å². The van der Waals surface area contributed by atoms with Gasteiger partial charge in [-0.2, -0.15) is 4.98 Å². The highest BCUT2D eigenvalue weighted by atomic mass is 16.2. The Morgan fingerprint density at radius 2 is 1.66 bits per heavy atom. The number of carbonyl (C=O) groups excluding carboxylic acids is 2. The highest BCUT2D eigenvalue weighted by Gasteiger charge is 2.10. The van der Waals surface area contributed by atoms with Gasteiger partial charge in [0.15, 0.2) is 0 Å². The van der Waals surface area contributed by atoms with Crippen LogP contribution in [0.5, 0.6) is 0 Å². The molecule has 9 heteroatoms. The van der Waals surface area contributed by atoms with Crippen molar-refractivity contribution in [3.63, 3.8) is 0 Å². The predicted molar refractivity (Wildman–Crippen MR) is 164 cm³/mol. The van der Waals surface area contributed by atoms with Gasteiger partial charge in [-0.1, -0.05) is 30.3 Å². The van der Waals surface area contributed by atoms with Crippen molar-refractivity contribution in [2.45, 2.75) is 6.92 Å². The monoisotopic (exact) mass is 545 g/mol. The number of likely N-dealkylation sites (N-methyl/N-ethyl adjacent to an activating group) is 1. The minimum absolute atomic E-state index is 0.255. The van der Waals surface area contributed by atoms with Crippen molar-refractivity contribution in [2.24, 2.45) is 0 Å². The van der Waals surface area contributed by atoms with E-state index in [1.807, 2.05) is 60.1 Å². The van der Waals surface area contributed by atoms with Crippen LogP contribution in [0.15, 0.2) is 103 Å². The fourth-order valence-corrected chi connectivity index (χ4v) is 4.36. The van der Waals surface area contributed by atoms with Crippen LogP contribution in [0.4, 0.5) is 23.0 Å². The average Bonchev–Trinajstić information content (AvgIpc) is 3.39. The fourth-order valence-electron chi connectivity index (χ4n) is 4.36. The number of anilines is 4. The number of rotatable bonds is 9. The maximum atomic E-state index is 13.0. The van der Waals surface area contributed by atoms with Crippen LogP contribution in [0.1, 0.15) is 15.9 Å². The quantitative estimate of drug-likeness (QED) is 0.203. The third-order valence-corrected chi connectivity index (χ3v) is 6.35. The Hall–Kier alpha value is -5.28. The summed E-state index contributed by atoms with van der Waals surface area (Å²) in [6.45, 7) is 2.75. The summed E-state index contributed by atoms with van der Waals surface area (Å²) in [5, 5.41) is 10.1. The number of carbonyl (C=O) groups is 2. The number of aryl methyl sites for hydroxylation is 1. The number of hydrogen-bond acceptors (Lipinski definition) is 6. The van der Waals surface area contributed by atoms with E-state index in [2.05, 4.69) is 46.1 Å². The molecule has 0 saturated heterocycles. The lowest BCUT2D eigenvalue weighted by Gasteiger charge is -2.11. The van der Waals surface area contributed by atoms with Crippen LogP contribution in [-0.2, 0) is 4.79 Å². The fraction of sp³-hybridized carbons (Fsp3) is 0.125. The minimum atomic E-state index is -0.297. The zero-order valence-corrected chi connectivity index (χ0v) is 23.1. The molecule has 3 aromatic carbocycles. The van der Waals surface area contributed by atoms with Crippen LogP contribution in [0.2, 0.25) is 0 Å². The second-order valence-electron chi connectivity index (χ2n) is 9.83. The van der Waals surface area contributed by atoms with Gasteiger partial charge in [-0.05, 0) is 81.2 Å². The van der Waals surface area contributed by atoms with Gasteiger partial charge in [-0.25, -0.2) is 4.98 Å². The molecule has 3 N–H and O–H groups in total. The molecule has 0 radical (unpaired) electrons. The Morgan fingerprint density at radius 1 is 0.902 bits per heavy atom. The van der Waals surface area contributed by atoms with E-state index in [9.17, 15) is 9.59 Å². The average molecular weight is 546 g/mol. The summed E-state index contributed by atoms with van der Waals surface area (Å²) < 4.78 is 2.03. The van der Waals surface area contributed by atoms with Gasteiger partial charge in [0.05, 0.1) is 5.52 Å². The van der Waals surface area contributed by atoms with Crippen LogP contribution in [0.25, 0.3) is 16.7 Å². The van der Waals surface area contributed by atoms with Crippen LogP contribution in [0, 0.1) is 6.92 Å². The summed E-state index contributed by atoms with van der Waals surface area (Å²) in [6.07, 6.45) is 6.97. The van der Waals surface area contributed by atoms with Crippen molar-refractivity contribution in [2.75, 3.05) is 36.6 Å². The first-order valence-electron chi connectivity index (χ1n) is 13.2. The number of benzene rings is 3. The second-order valence-corrected chi connectivity index (χ2v) is 9.83. The Kier molecular flexibility index (Phi) is 8.17. The van der Waals surface area contributed by atoms with Gasteiger partial charge in [0.2, 0.25) is 11.9 Å². The second kappa shape index (κ2) is 12.3.